The van der Waals surface area contributed by atoms with E-state index in [1.807, 2.05) is 0 Å². The zero-order valence-electron chi connectivity index (χ0n) is 21.0. The van der Waals surface area contributed by atoms with Crippen molar-refractivity contribution in [2.45, 2.75) is 105 Å². The summed E-state index contributed by atoms with van der Waals surface area (Å²) in [7, 11) is 0. The van der Waals surface area contributed by atoms with Crippen LogP contribution in [0.5, 0.6) is 0 Å². The monoisotopic (exact) mass is 428 g/mol. The molecule has 0 spiro atoms. The van der Waals surface area contributed by atoms with Gasteiger partial charge in [0.25, 0.3) is 0 Å². The SMILES string of the molecule is CC[C@H](C=C[C@@H](C)[C@H]1CC[C@H]2[C@@H]3[C@H](O)C=C4C[C@@H](O)CC[C@]4(C)[C@H]3CC[C@]12C)C(C)C. The van der Waals surface area contributed by atoms with Crippen LogP contribution in [0, 0.1) is 52.3 Å². The molecule has 176 valence electrons. The maximum Gasteiger partial charge on any atom is 0.0757 e. The first-order chi connectivity index (χ1) is 14.6. The Bertz CT molecular complexity index is 708. The second kappa shape index (κ2) is 8.64. The average Bonchev–Trinajstić information content (AvgIpc) is 3.06. The van der Waals surface area contributed by atoms with E-state index in [0.29, 0.717) is 40.9 Å². The summed E-state index contributed by atoms with van der Waals surface area (Å²) >= 11 is 0. The number of aliphatic hydroxyl groups excluding tert-OH is 2. The van der Waals surface area contributed by atoms with Crippen LogP contribution in [-0.4, -0.2) is 22.4 Å². The molecule has 0 radical (unpaired) electrons. The Labute approximate surface area is 191 Å². The second-order valence-corrected chi connectivity index (χ2v) is 12.6. The van der Waals surface area contributed by atoms with Gasteiger partial charge in [0.15, 0.2) is 0 Å². The molecule has 4 aliphatic rings. The van der Waals surface area contributed by atoms with Gasteiger partial charge in [-0.15, -0.1) is 0 Å². The predicted molar refractivity (Wildman–Crippen MR) is 130 cm³/mol. The average molecular weight is 429 g/mol. The highest BCUT2D eigenvalue weighted by Crippen LogP contribution is 2.67. The van der Waals surface area contributed by atoms with E-state index in [1.54, 1.807) is 0 Å². The molecule has 0 heterocycles. The maximum absolute atomic E-state index is 11.3. The lowest BCUT2D eigenvalue weighted by molar-refractivity contribution is -0.0950. The van der Waals surface area contributed by atoms with Gasteiger partial charge in [-0.25, -0.2) is 0 Å². The van der Waals surface area contributed by atoms with Gasteiger partial charge in [0.2, 0.25) is 0 Å². The first-order valence-electron chi connectivity index (χ1n) is 13.4. The fourth-order valence-electron chi connectivity index (χ4n) is 8.82. The Morgan fingerprint density at radius 1 is 1.00 bits per heavy atom. The summed E-state index contributed by atoms with van der Waals surface area (Å²) in [5.41, 5.74) is 1.90. The summed E-state index contributed by atoms with van der Waals surface area (Å²) in [5, 5.41) is 21.6. The molecular formula is C29H48O2. The van der Waals surface area contributed by atoms with Gasteiger partial charge < -0.3 is 10.2 Å². The van der Waals surface area contributed by atoms with E-state index < -0.39 is 0 Å². The van der Waals surface area contributed by atoms with Gasteiger partial charge in [0, 0.05) is 0 Å². The Balaban J connectivity index is 1.56. The Morgan fingerprint density at radius 2 is 1.74 bits per heavy atom. The topological polar surface area (TPSA) is 40.5 Å². The predicted octanol–water partition coefficient (Wildman–Crippen LogP) is 6.77. The number of allylic oxidation sites excluding steroid dienone is 2. The summed E-state index contributed by atoms with van der Waals surface area (Å²) in [4.78, 5) is 0. The van der Waals surface area contributed by atoms with Crippen molar-refractivity contribution < 1.29 is 10.2 Å². The van der Waals surface area contributed by atoms with Gasteiger partial charge in [0.1, 0.15) is 0 Å². The number of fused-ring (bicyclic) bond motifs is 5. The van der Waals surface area contributed by atoms with Gasteiger partial charge in [-0.1, -0.05) is 65.3 Å². The molecule has 3 fully saturated rings. The molecule has 0 unspecified atom stereocenters. The van der Waals surface area contributed by atoms with Gasteiger partial charge in [-0.05, 0) is 104 Å². The number of rotatable bonds is 5. The van der Waals surface area contributed by atoms with E-state index in [9.17, 15) is 10.2 Å². The minimum atomic E-state index is -0.321. The number of hydrogen-bond donors (Lipinski definition) is 2. The van der Waals surface area contributed by atoms with E-state index >= 15 is 0 Å². The molecule has 31 heavy (non-hydrogen) atoms. The van der Waals surface area contributed by atoms with Crippen LogP contribution in [0.4, 0.5) is 0 Å². The highest BCUT2D eigenvalue weighted by atomic mass is 16.3. The molecule has 4 rings (SSSR count). The summed E-state index contributed by atoms with van der Waals surface area (Å²) < 4.78 is 0. The molecule has 10 atom stereocenters. The van der Waals surface area contributed by atoms with Crippen molar-refractivity contribution >= 4 is 0 Å². The Morgan fingerprint density at radius 3 is 2.42 bits per heavy atom. The van der Waals surface area contributed by atoms with Gasteiger partial charge in [0.05, 0.1) is 12.2 Å². The lowest BCUT2D eigenvalue weighted by Gasteiger charge is -2.59. The largest absolute Gasteiger partial charge is 0.393 e. The van der Waals surface area contributed by atoms with Crippen LogP contribution in [0.25, 0.3) is 0 Å². The minimum Gasteiger partial charge on any atom is -0.393 e. The molecule has 0 aromatic carbocycles. The molecule has 0 amide bonds. The van der Waals surface area contributed by atoms with Crippen LogP contribution < -0.4 is 0 Å². The molecule has 0 aromatic rings. The van der Waals surface area contributed by atoms with Crippen LogP contribution in [0.3, 0.4) is 0 Å². The van der Waals surface area contributed by atoms with Crippen molar-refractivity contribution in [2.24, 2.45) is 52.3 Å². The van der Waals surface area contributed by atoms with E-state index in [4.69, 9.17) is 0 Å². The van der Waals surface area contributed by atoms with Crippen molar-refractivity contribution in [1.82, 2.24) is 0 Å². The van der Waals surface area contributed by atoms with Crippen LogP contribution in [0.15, 0.2) is 23.8 Å². The van der Waals surface area contributed by atoms with Crippen molar-refractivity contribution in [1.29, 1.82) is 0 Å². The number of aliphatic hydroxyl groups is 2. The zero-order valence-corrected chi connectivity index (χ0v) is 21.0. The van der Waals surface area contributed by atoms with E-state index in [2.05, 4.69) is 59.8 Å². The lowest BCUT2D eigenvalue weighted by Crippen LogP contribution is -2.54. The molecule has 0 aromatic heterocycles. The van der Waals surface area contributed by atoms with Crippen LogP contribution in [0.2, 0.25) is 0 Å². The van der Waals surface area contributed by atoms with E-state index in [1.165, 1.54) is 37.7 Å². The first-order valence-corrected chi connectivity index (χ1v) is 13.4. The standard InChI is InChI=1S/C29H48O2/c1-7-20(18(2)3)9-8-19(4)23-10-11-24-27-25(13-15-29(23,24)6)28(5)14-12-22(30)16-21(28)17-26(27)31/h8-9,17-20,22-27,30-31H,7,10-16H2,1-6H3/t19-,20-,22+,23-,24+,25+,26-,27+,28+,29-/m1/s1. The quantitative estimate of drug-likeness (QED) is 0.474. The van der Waals surface area contributed by atoms with Crippen molar-refractivity contribution in [3.8, 4) is 0 Å². The highest BCUT2D eigenvalue weighted by Gasteiger charge is 2.61. The molecule has 0 aliphatic heterocycles. The third kappa shape index (κ3) is 3.88. The fourth-order valence-corrected chi connectivity index (χ4v) is 8.82. The number of hydrogen-bond acceptors (Lipinski definition) is 2. The van der Waals surface area contributed by atoms with Gasteiger partial charge in [-0.3, -0.25) is 0 Å². The fraction of sp³-hybridized carbons (Fsp3) is 0.862. The smallest absolute Gasteiger partial charge is 0.0757 e. The van der Waals surface area contributed by atoms with Crippen molar-refractivity contribution in [3.05, 3.63) is 23.8 Å². The van der Waals surface area contributed by atoms with Crippen LogP contribution >= 0.6 is 0 Å². The van der Waals surface area contributed by atoms with E-state index in [-0.39, 0.29) is 17.6 Å². The third-order valence-corrected chi connectivity index (χ3v) is 10.8. The highest BCUT2D eigenvalue weighted by molar-refractivity contribution is 5.28. The Hall–Kier alpha value is -0.600. The molecule has 2 N–H and O–H groups in total. The summed E-state index contributed by atoms with van der Waals surface area (Å²) in [6.45, 7) is 14.5. The third-order valence-electron chi connectivity index (χ3n) is 10.8. The zero-order chi connectivity index (χ0) is 22.6. The molecule has 0 bridgehead atoms. The Kier molecular flexibility index (Phi) is 6.56. The van der Waals surface area contributed by atoms with Crippen LogP contribution in [-0.2, 0) is 0 Å². The summed E-state index contributed by atoms with van der Waals surface area (Å²) in [5.74, 6) is 4.38. The van der Waals surface area contributed by atoms with E-state index in [0.717, 1.165) is 25.2 Å². The molecule has 2 nitrogen and oxygen atoms in total. The normalized spacial score (nSPS) is 46.9. The first kappa shape index (κ1) is 23.6. The molecular weight excluding hydrogens is 380 g/mol. The van der Waals surface area contributed by atoms with Crippen LogP contribution in [0.1, 0.15) is 92.9 Å². The summed E-state index contributed by atoms with van der Waals surface area (Å²) in [6, 6.07) is 0. The van der Waals surface area contributed by atoms with Crippen molar-refractivity contribution in [2.75, 3.05) is 0 Å². The molecule has 4 aliphatic carbocycles. The lowest BCUT2D eigenvalue weighted by atomic mass is 9.46. The van der Waals surface area contributed by atoms with Gasteiger partial charge >= 0.3 is 0 Å². The second-order valence-electron chi connectivity index (χ2n) is 12.6. The van der Waals surface area contributed by atoms with Crippen molar-refractivity contribution in [3.63, 3.8) is 0 Å². The molecule has 0 saturated heterocycles. The molecule has 2 heteroatoms. The molecule has 3 saturated carbocycles. The maximum atomic E-state index is 11.3. The van der Waals surface area contributed by atoms with Gasteiger partial charge in [-0.2, -0.15) is 0 Å². The minimum absolute atomic E-state index is 0.194. The summed E-state index contributed by atoms with van der Waals surface area (Å²) in [6.07, 6.45) is 15.9.